The molecular formula is C63H116N2O3. The molecule has 0 saturated carbocycles. The highest BCUT2D eigenvalue weighted by Crippen LogP contribution is 2.32. The molecule has 0 aromatic heterocycles. The first kappa shape index (κ1) is 65.6. The normalized spacial score (nSPS) is 13.1. The van der Waals surface area contributed by atoms with Crippen LogP contribution >= 0.6 is 0 Å². The summed E-state index contributed by atoms with van der Waals surface area (Å²) in [5, 5.41) is 12.7. The lowest BCUT2D eigenvalue weighted by Crippen LogP contribution is -2.47. The third-order valence-electron chi connectivity index (χ3n) is 13.5. The van der Waals surface area contributed by atoms with Crippen molar-refractivity contribution in [2.24, 2.45) is 0 Å². The first-order valence-electron chi connectivity index (χ1n) is 29.5. The van der Waals surface area contributed by atoms with Crippen LogP contribution in [0.3, 0.4) is 0 Å². The predicted molar refractivity (Wildman–Crippen MR) is 303 cm³/mol. The van der Waals surface area contributed by atoms with E-state index in [1.807, 2.05) is 7.05 Å². The number of nitrogens with zero attached hydrogens (tertiary/aromatic N) is 2. The number of ether oxygens (including phenoxy) is 1. The number of carbonyl (C=O) groups excluding carboxylic acids is 1. The van der Waals surface area contributed by atoms with Gasteiger partial charge in [-0.15, -0.1) is 0 Å². The number of carbonyl (C=O) groups is 1. The van der Waals surface area contributed by atoms with E-state index >= 15 is 0 Å². The van der Waals surface area contributed by atoms with Gasteiger partial charge in [-0.2, -0.15) is 0 Å². The van der Waals surface area contributed by atoms with E-state index in [2.05, 4.69) is 113 Å². The third kappa shape index (κ3) is 46.0. The summed E-state index contributed by atoms with van der Waals surface area (Å²) in [5.41, 5.74) is -0.984. The van der Waals surface area contributed by atoms with Crippen molar-refractivity contribution in [3.63, 3.8) is 0 Å². The van der Waals surface area contributed by atoms with Crippen LogP contribution in [-0.2, 0) is 4.74 Å². The van der Waals surface area contributed by atoms with Gasteiger partial charge in [0.15, 0.2) is 0 Å². The number of unbranched alkanes of at least 4 members (excludes halogenated alkanes) is 27. The molecule has 0 aromatic carbocycles. The molecule has 1 N–H and O–H groups in total. The van der Waals surface area contributed by atoms with Gasteiger partial charge >= 0.3 is 6.09 Å². The van der Waals surface area contributed by atoms with Gasteiger partial charge in [-0.1, -0.05) is 222 Å². The number of allylic oxidation sites excluding steroid dienone is 12. The standard InChI is InChI=1S/C63H116N2O3/c1-7-10-13-16-19-22-25-28-31-34-37-40-43-46-49-52-56-61(68-62(66)65(6)60-55-59-64(4)5)63(67,57-53-50-47-44-41-38-35-32-29-26-23-20-17-14-11-8-2)58-54-51-48-45-42-39-36-33-30-27-24-21-18-15-12-9-3/h19-24,28-33,61,67H,7-18,25-27,34-60H2,1-6H3/b22-19+,23-20+,24-21+,31-28+,32-29+,33-30+. The summed E-state index contributed by atoms with van der Waals surface area (Å²) < 4.78 is 6.41. The molecule has 0 heterocycles. The maximum absolute atomic E-state index is 13.6. The van der Waals surface area contributed by atoms with Gasteiger partial charge < -0.3 is 19.6 Å². The van der Waals surface area contributed by atoms with Gasteiger partial charge in [0.1, 0.15) is 11.7 Å². The van der Waals surface area contributed by atoms with Crippen LogP contribution in [0.25, 0.3) is 0 Å². The Bertz CT molecular complexity index is 1180. The monoisotopic (exact) mass is 949 g/mol. The molecule has 0 aromatic rings. The molecule has 0 radical (unpaired) electrons. The van der Waals surface area contributed by atoms with Crippen molar-refractivity contribution in [1.29, 1.82) is 0 Å². The van der Waals surface area contributed by atoms with Crippen LogP contribution in [0.15, 0.2) is 72.9 Å². The Hall–Kier alpha value is -2.37. The molecule has 0 aliphatic heterocycles. The average molecular weight is 950 g/mol. The molecule has 1 atom stereocenters. The summed E-state index contributed by atoms with van der Waals surface area (Å²) in [6, 6.07) is 0. The third-order valence-corrected chi connectivity index (χ3v) is 13.5. The fraction of sp³-hybridized carbons (Fsp3) is 0.794. The number of hydrogen-bond donors (Lipinski definition) is 1. The van der Waals surface area contributed by atoms with Gasteiger partial charge in [0.2, 0.25) is 0 Å². The molecule has 68 heavy (non-hydrogen) atoms. The maximum atomic E-state index is 13.6. The van der Waals surface area contributed by atoms with Crippen LogP contribution in [0.5, 0.6) is 0 Å². The molecular weight excluding hydrogens is 833 g/mol. The molecule has 0 aliphatic carbocycles. The second-order valence-corrected chi connectivity index (χ2v) is 20.6. The summed E-state index contributed by atoms with van der Waals surface area (Å²) >= 11 is 0. The Morgan fingerprint density at radius 3 is 1.06 bits per heavy atom. The number of amides is 1. The molecule has 0 fully saturated rings. The second kappa shape index (κ2) is 52.5. The molecule has 0 rings (SSSR count). The van der Waals surface area contributed by atoms with Gasteiger partial charge in [-0.3, -0.25) is 0 Å². The minimum atomic E-state index is -0.984. The zero-order valence-electron chi connectivity index (χ0n) is 46.4. The van der Waals surface area contributed by atoms with E-state index in [-0.39, 0.29) is 6.09 Å². The smallest absolute Gasteiger partial charge is 0.409 e. The van der Waals surface area contributed by atoms with Gasteiger partial charge in [-0.25, -0.2) is 4.79 Å². The largest absolute Gasteiger partial charge is 0.443 e. The molecule has 0 saturated heterocycles. The van der Waals surface area contributed by atoms with Crippen LogP contribution in [0.2, 0.25) is 0 Å². The summed E-state index contributed by atoms with van der Waals surface area (Å²) in [4.78, 5) is 17.5. The Labute approximate surface area is 425 Å². The van der Waals surface area contributed by atoms with Crippen LogP contribution in [0.4, 0.5) is 4.79 Å². The second-order valence-electron chi connectivity index (χ2n) is 20.6. The highest BCUT2D eigenvalue weighted by molar-refractivity contribution is 5.67. The lowest BCUT2D eigenvalue weighted by molar-refractivity contribution is -0.101. The van der Waals surface area contributed by atoms with Crippen LogP contribution < -0.4 is 0 Å². The number of hydrogen-bond acceptors (Lipinski definition) is 4. The first-order valence-corrected chi connectivity index (χ1v) is 29.5. The van der Waals surface area contributed by atoms with Crippen molar-refractivity contribution in [2.75, 3.05) is 34.2 Å². The molecule has 1 unspecified atom stereocenters. The van der Waals surface area contributed by atoms with Gasteiger partial charge in [0.25, 0.3) is 0 Å². The topological polar surface area (TPSA) is 53.0 Å². The summed E-state index contributed by atoms with van der Waals surface area (Å²) in [7, 11) is 6.01. The van der Waals surface area contributed by atoms with Crippen molar-refractivity contribution in [1.82, 2.24) is 9.80 Å². The summed E-state index contributed by atoms with van der Waals surface area (Å²) in [5.74, 6) is 0. The van der Waals surface area contributed by atoms with Gasteiger partial charge in [0.05, 0.1) is 0 Å². The highest BCUT2D eigenvalue weighted by atomic mass is 16.6. The van der Waals surface area contributed by atoms with Gasteiger partial charge in [0, 0.05) is 13.6 Å². The van der Waals surface area contributed by atoms with Crippen LogP contribution in [-0.4, -0.2) is 66.9 Å². The molecule has 0 aliphatic rings. The Balaban J connectivity index is 5.28. The van der Waals surface area contributed by atoms with Crippen LogP contribution in [0, 0.1) is 0 Å². The Morgan fingerprint density at radius 2 is 0.721 bits per heavy atom. The molecule has 0 bridgehead atoms. The van der Waals surface area contributed by atoms with E-state index in [4.69, 9.17) is 4.74 Å². The fourth-order valence-corrected chi connectivity index (χ4v) is 8.97. The Kier molecular flexibility index (Phi) is 50.6. The number of rotatable bonds is 51. The fourth-order valence-electron chi connectivity index (χ4n) is 8.97. The lowest BCUT2D eigenvalue weighted by atomic mass is 9.82. The summed E-state index contributed by atoms with van der Waals surface area (Å²) in [6.07, 6.45) is 73.7. The first-order chi connectivity index (χ1) is 33.3. The van der Waals surface area contributed by atoms with Crippen molar-refractivity contribution < 1.29 is 14.6 Å². The van der Waals surface area contributed by atoms with E-state index in [9.17, 15) is 9.90 Å². The molecule has 0 spiro atoms. The maximum Gasteiger partial charge on any atom is 0.409 e. The quantitative estimate of drug-likeness (QED) is 0.0488. The van der Waals surface area contributed by atoms with Crippen molar-refractivity contribution in [3.8, 4) is 0 Å². The minimum Gasteiger partial charge on any atom is -0.443 e. The predicted octanol–water partition coefficient (Wildman–Crippen LogP) is 19.7. The summed E-state index contributed by atoms with van der Waals surface area (Å²) in [6.45, 7) is 8.37. The zero-order chi connectivity index (χ0) is 49.7. The molecule has 5 heteroatoms. The van der Waals surface area contributed by atoms with E-state index in [0.29, 0.717) is 19.4 Å². The van der Waals surface area contributed by atoms with Gasteiger partial charge in [-0.05, 0) is 149 Å². The minimum absolute atomic E-state index is 0.277. The highest BCUT2D eigenvalue weighted by Gasteiger charge is 2.38. The van der Waals surface area contributed by atoms with E-state index in [1.54, 1.807) is 4.90 Å². The van der Waals surface area contributed by atoms with E-state index < -0.39 is 11.7 Å². The van der Waals surface area contributed by atoms with E-state index in [0.717, 1.165) is 77.2 Å². The van der Waals surface area contributed by atoms with Crippen LogP contribution in [0.1, 0.15) is 278 Å². The van der Waals surface area contributed by atoms with E-state index in [1.165, 1.54) is 173 Å². The number of aliphatic hydroxyl groups is 1. The van der Waals surface area contributed by atoms with Crippen molar-refractivity contribution >= 4 is 6.09 Å². The van der Waals surface area contributed by atoms with Crippen molar-refractivity contribution in [3.05, 3.63) is 72.9 Å². The molecule has 1 amide bonds. The molecule has 396 valence electrons. The molecule has 5 nitrogen and oxygen atoms in total. The zero-order valence-corrected chi connectivity index (χ0v) is 46.4. The van der Waals surface area contributed by atoms with Crippen molar-refractivity contribution in [2.45, 2.75) is 289 Å². The Morgan fingerprint density at radius 1 is 0.412 bits per heavy atom. The lowest BCUT2D eigenvalue weighted by Gasteiger charge is -2.37. The SMILES string of the molecule is CCCCC/C=C/C/C=C/CCCCCCCCC(OC(=O)N(C)CCCN(C)C)C(O)(CCCCCCCC/C=C/C/C=C/CCCCC)CCCCCCCC/C=C/C/C=C/CCCCC. The average Bonchev–Trinajstić information content (AvgIpc) is 3.33.